The fraction of sp³-hybridized carbons (Fsp3) is 0.161. The van der Waals surface area contributed by atoms with E-state index in [-0.39, 0.29) is 24.4 Å². The van der Waals surface area contributed by atoms with Gasteiger partial charge < -0.3 is 4.90 Å². The highest BCUT2D eigenvalue weighted by Gasteiger charge is 2.31. The van der Waals surface area contributed by atoms with Gasteiger partial charge in [-0.1, -0.05) is 48.5 Å². The first kappa shape index (κ1) is 26.8. The highest BCUT2D eigenvalue weighted by molar-refractivity contribution is 5.80. The Balaban J connectivity index is 1.58. The third-order valence-electron chi connectivity index (χ3n) is 6.69. The molecule has 1 amide bonds. The zero-order chi connectivity index (χ0) is 28.3. The minimum Gasteiger partial charge on any atom is -0.328 e. The molecule has 0 bridgehead atoms. The number of fused-ring (bicyclic) bond motifs is 1. The molecule has 0 aliphatic heterocycles. The molecule has 5 rings (SSSR count). The van der Waals surface area contributed by atoms with Crippen LogP contribution >= 0.6 is 0 Å². The van der Waals surface area contributed by atoms with E-state index in [1.165, 1.54) is 16.7 Å². The summed E-state index contributed by atoms with van der Waals surface area (Å²) in [5, 5.41) is 0.442. The van der Waals surface area contributed by atoms with Gasteiger partial charge in [-0.25, -0.2) is 4.98 Å². The summed E-state index contributed by atoms with van der Waals surface area (Å²) in [6.45, 7) is 1.95. The summed E-state index contributed by atoms with van der Waals surface area (Å²) in [6, 6.07) is 23.5. The number of alkyl halides is 3. The molecular weight excluding hydrogens is 517 g/mol. The normalized spacial score (nSPS) is 12.3. The molecule has 2 heterocycles. The van der Waals surface area contributed by atoms with E-state index in [0.29, 0.717) is 28.0 Å². The van der Waals surface area contributed by atoms with Crippen LogP contribution < -0.4 is 5.56 Å². The Morgan fingerprint density at radius 1 is 0.900 bits per heavy atom. The van der Waals surface area contributed by atoms with E-state index in [2.05, 4.69) is 4.98 Å². The van der Waals surface area contributed by atoms with Crippen LogP contribution in [0, 0.1) is 0 Å². The molecule has 0 radical (unpaired) electrons. The molecule has 0 N–H and O–H groups in total. The number of aromatic nitrogens is 3. The predicted molar refractivity (Wildman–Crippen MR) is 146 cm³/mol. The molecule has 202 valence electrons. The van der Waals surface area contributed by atoms with Crippen LogP contribution in [0.3, 0.4) is 0 Å². The molecule has 40 heavy (non-hydrogen) atoms. The topological polar surface area (TPSA) is 68.1 Å². The van der Waals surface area contributed by atoms with Gasteiger partial charge in [0.15, 0.2) is 0 Å². The Labute approximate surface area is 228 Å². The number of hydrogen-bond donors (Lipinski definition) is 0. The summed E-state index contributed by atoms with van der Waals surface area (Å²) in [4.78, 5) is 38.1. The van der Waals surface area contributed by atoms with Crippen LogP contribution in [0.1, 0.15) is 35.5 Å². The Kier molecular flexibility index (Phi) is 7.46. The molecule has 0 spiro atoms. The molecule has 6 nitrogen and oxygen atoms in total. The van der Waals surface area contributed by atoms with Crippen LogP contribution in [0.15, 0.2) is 108 Å². The molecule has 3 aromatic carbocycles. The zero-order valence-electron chi connectivity index (χ0n) is 21.5. The number of pyridine rings is 1. The quantitative estimate of drug-likeness (QED) is 0.248. The van der Waals surface area contributed by atoms with Crippen molar-refractivity contribution < 1.29 is 18.0 Å². The molecule has 0 saturated carbocycles. The van der Waals surface area contributed by atoms with Gasteiger partial charge in [0.05, 0.1) is 34.6 Å². The lowest BCUT2D eigenvalue weighted by Crippen LogP contribution is -2.38. The van der Waals surface area contributed by atoms with Gasteiger partial charge in [-0.2, -0.15) is 13.2 Å². The second-order valence-electron chi connectivity index (χ2n) is 9.39. The first-order valence-electron chi connectivity index (χ1n) is 12.6. The van der Waals surface area contributed by atoms with E-state index in [4.69, 9.17) is 4.98 Å². The SMILES string of the molecule is C[C@H](c1nc2ccccc2c(=O)n1-c1ccccc1)N(Cc1cccnc1)C(=O)Cc1ccc(C(F)(F)F)cc1. The van der Waals surface area contributed by atoms with Crippen LogP contribution in [0.25, 0.3) is 16.6 Å². The van der Waals surface area contributed by atoms with Crippen LogP contribution in [-0.4, -0.2) is 25.3 Å². The van der Waals surface area contributed by atoms with Gasteiger partial charge >= 0.3 is 6.18 Å². The van der Waals surface area contributed by atoms with Crippen LogP contribution in [-0.2, 0) is 23.9 Å². The molecule has 5 aromatic rings. The van der Waals surface area contributed by atoms with Crippen molar-refractivity contribution in [2.24, 2.45) is 0 Å². The zero-order valence-corrected chi connectivity index (χ0v) is 21.5. The first-order chi connectivity index (χ1) is 19.2. The third-order valence-corrected chi connectivity index (χ3v) is 6.69. The largest absolute Gasteiger partial charge is 0.416 e. The van der Waals surface area contributed by atoms with E-state index in [1.807, 2.05) is 24.3 Å². The number of rotatable bonds is 7. The van der Waals surface area contributed by atoms with Gasteiger partial charge in [-0.15, -0.1) is 0 Å². The Hall–Kier alpha value is -4.79. The number of carbonyl (C=O) groups is 1. The van der Waals surface area contributed by atoms with Crippen molar-refractivity contribution in [3.63, 3.8) is 0 Å². The molecule has 2 aromatic heterocycles. The predicted octanol–water partition coefficient (Wildman–Crippen LogP) is 6.13. The number of halogens is 3. The third kappa shape index (κ3) is 5.63. The van der Waals surface area contributed by atoms with Crippen LogP contribution in [0.4, 0.5) is 13.2 Å². The molecule has 0 aliphatic rings. The Morgan fingerprint density at radius 2 is 1.60 bits per heavy atom. The van der Waals surface area contributed by atoms with Crippen molar-refractivity contribution in [2.45, 2.75) is 32.1 Å². The second kappa shape index (κ2) is 11.1. The van der Waals surface area contributed by atoms with Crippen molar-refractivity contribution in [3.8, 4) is 5.69 Å². The smallest absolute Gasteiger partial charge is 0.328 e. The maximum atomic E-state index is 13.8. The monoisotopic (exact) mass is 542 g/mol. The van der Waals surface area contributed by atoms with Gasteiger partial charge in [0.2, 0.25) is 5.91 Å². The lowest BCUT2D eigenvalue weighted by molar-refractivity contribution is -0.137. The summed E-state index contributed by atoms with van der Waals surface area (Å²) in [5.41, 5.74) is 1.24. The highest BCUT2D eigenvalue weighted by Crippen LogP contribution is 2.30. The van der Waals surface area contributed by atoms with Crippen LogP contribution in [0.5, 0.6) is 0 Å². The Morgan fingerprint density at radius 3 is 2.27 bits per heavy atom. The number of hydrogen-bond acceptors (Lipinski definition) is 4. The molecule has 9 heteroatoms. The second-order valence-corrected chi connectivity index (χ2v) is 9.39. The molecule has 0 aliphatic carbocycles. The lowest BCUT2D eigenvalue weighted by atomic mass is 10.1. The van der Waals surface area contributed by atoms with E-state index in [0.717, 1.165) is 17.7 Å². The average molecular weight is 543 g/mol. The van der Waals surface area contributed by atoms with Gasteiger partial charge in [0, 0.05) is 18.9 Å². The first-order valence-corrected chi connectivity index (χ1v) is 12.6. The van der Waals surface area contributed by atoms with Gasteiger partial charge in [-0.05, 0) is 60.5 Å². The standard InChI is InChI=1S/C31H25F3N4O2/c1-21(29-36-27-12-6-5-11-26(27)30(40)38(29)25-9-3-2-4-10-25)37(20-23-8-7-17-35-19-23)28(39)18-22-13-15-24(16-14-22)31(32,33)34/h2-17,19,21H,18,20H2,1H3/t21-/m1/s1. The number of para-hydroxylation sites is 2. The summed E-state index contributed by atoms with van der Waals surface area (Å²) < 4.78 is 40.7. The van der Waals surface area contributed by atoms with Crippen molar-refractivity contribution in [3.05, 3.63) is 136 Å². The summed E-state index contributed by atoms with van der Waals surface area (Å²) in [6.07, 6.45) is -1.33. The number of carbonyl (C=O) groups excluding carboxylic acids is 1. The summed E-state index contributed by atoms with van der Waals surface area (Å²) in [7, 11) is 0. The minimum atomic E-state index is -4.47. The molecule has 0 fully saturated rings. The fourth-order valence-electron chi connectivity index (χ4n) is 4.61. The van der Waals surface area contributed by atoms with Gasteiger partial charge in [0.25, 0.3) is 5.56 Å². The van der Waals surface area contributed by atoms with Crippen molar-refractivity contribution in [1.82, 2.24) is 19.4 Å². The fourth-order valence-corrected chi connectivity index (χ4v) is 4.61. The minimum absolute atomic E-state index is 0.133. The van der Waals surface area contributed by atoms with Crippen molar-refractivity contribution in [1.29, 1.82) is 0 Å². The lowest BCUT2D eigenvalue weighted by Gasteiger charge is -2.31. The van der Waals surface area contributed by atoms with Crippen LogP contribution in [0.2, 0.25) is 0 Å². The average Bonchev–Trinajstić information content (AvgIpc) is 2.96. The number of nitrogens with zero attached hydrogens (tertiary/aromatic N) is 4. The summed E-state index contributed by atoms with van der Waals surface area (Å²) >= 11 is 0. The molecule has 1 atom stereocenters. The number of benzene rings is 3. The maximum absolute atomic E-state index is 13.8. The van der Waals surface area contributed by atoms with Crippen molar-refractivity contribution in [2.75, 3.05) is 0 Å². The van der Waals surface area contributed by atoms with E-state index >= 15 is 0 Å². The summed E-state index contributed by atoms with van der Waals surface area (Å²) in [5.74, 6) is 0.0256. The maximum Gasteiger partial charge on any atom is 0.416 e. The number of amides is 1. The highest BCUT2D eigenvalue weighted by atomic mass is 19.4. The van der Waals surface area contributed by atoms with E-state index in [1.54, 1.807) is 66.7 Å². The molecule has 0 saturated heterocycles. The van der Waals surface area contributed by atoms with Gasteiger partial charge in [0.1, 0.15) is 5.82 Å². The molecular formula is C31H25F3N4O2. The van der Waals surface area contributed by atoms with Gasteiger partial charge in [-0.3, -0.25) is 19.1 Å². The molecule has 0 unspecified atom stereocenters. The van der Waals surface area contributed by atoms with Crippen molar-refractivity contribution >= 4 is 16.8 Å². The van der Waals surface area contributed by atoms with E-state index in [9.17, 15) is 22.8 Å². The van der Waals surface area contributed by atoms with E-state index < -0.39 is 17.8 Å². The Bertz CT molecular complexity index is 1690.